The summed E-state index contributed by atoms with van der Waals surface area (Å²) in [6.45, 7) is 1.14. The molecule has 53 heavy (non-hydrogen) atoms. The first-order valence-corrected chi connectivity index (χ1v) is 18.3. The van der Waals surface area contributed by atoms with Crippen LogP contribution in [0, 0.1) is 0 Å². The molecular weight excluding hydrogens is 676 g/mol. The van der Waals surface area contributed by atoms with Crippen molar-refractivity contribution in [3.05, 3.63) is 89.0 Å². The summed E-state index contributed by atoms with van der Waals surface area (Å²) in [7, 11) is 0. The van der Waals surface area contributed by atoms with Crippen molar-refractivity contribution >= 4 is 47.2 Å². The highest BCUT2D eigenvalue weighted by Gasteiger charge is 2.16. The number of ether oxygens (including phenoxy) is 1. The molecule has 0 atom stereocenters. The summed E-state index contributed by atoms with van der Waals surface area (Å²) in [6, 6.07) is 18.6. The van der Waals surface area contributed by atoms with Crippen molar-refractivity contribution in [2.24, 2.45) is 4.99 Å². The van der Waals surface area contributed by atoms with E-state index in [0.717, 1.165) is 68.9 Å². The van der Waals surface area contributed by atoms with Crippen LogP contribution in [0.3, 0.4) is 0 Å². The number of amides is 5. The number of isocyanates is 1. The van der Waals surface area contributed by atoms with Crippen molar-refractivity contribution in [2.75, 3.05) is 23.7 Å². The van der Waals surface area contributed by atoms with Gasteiger partial charge in [-0.1, -0.05) is 62.8 Å². The molecule has 5 N–H and O–H groups in total. The molecule has 0 aliphatic carbocycles. The number of anilines is 2. The summed E-state index contributed by atoms with van der Waals surface area (Å²) in [6.07, 6.45) is 10.2. The van der Waals surface area contributed by atoms with E-state index in [4.69, 9.17) is 4.74 Å². The van der Waals surface area contributed by atoms with Crippen LogP contribution < -0.4 is 31.3 Å². The number of nitrogens with zero attached hydrogens (tertiary/aromatic N) is 1. The molecule has 13 heteroatoms. The number of carbonyl (C=O) groups excluding carboxylic acids is 6. The third-order valence-electron chi connectivity index (χ3n) is 8.61. The lowest BCUT2D eigenvalue weighted by molar-refractivity contribution is -0.117. The number of aliphatic imine (C=N–C) groups is 1. The van der Waals surface area contributed by atoms with E-state index in [2.05, 4.69) is 31.6 Å². The molecule has 0 saturated heterocycles. The van der Waals surface area contributed by atoms with Crippen LogP contribution in [0.15, 0.2) is 71.7 Å². The van der Waals surface area contributed by atoms with Crippen LogP contribution in [-0.2, 0) is 27.5 Å². The molecule has 4 heterocycles. The van der Waals surface area contributed by atoms with Crippen molar-refractivity contribution in [1.82, 2.24) is 16.0 Å². The van der Waals surface area contributed by atoms with Gasteiger partial charge in [0.2, 0.25) is 17.9 Å². The van der Waals surface area contributed by atoms with Gasteiger partial charge in [0.25, 0.3) is 11.8 Å². The van der Waals surface area contributed by atoms with Gasteiger partial charge in [-0.15, -0.1) is 0 Å². The normalized spacial score (nSPS) is 14.9. The van der Waals surface area contributed by atoms with Gasteiger partial charge in [-0.2, -0.15) is 0 Å². The van der Waals surface area contributed by atoms with Gasteiger partial charge in [0, 0.05) is 55.0 Å². The molecule has 0 spiro atoms. The first kappa shape index (κ1) is 40.0. The Kier molecular flexibility index (Phi) is 16.7. The Hall–Kier alpha value is -5.81. The van der Waals surface area contributed by atoms with Crippen LogP contribution in [-0.4, -0.2) is 48.9 Å². The highest BCUT2D eigenvalue weighted by Crippen LogP contribution is 2.20. The standard InChI is InChI=1S/C40H48N6O7/c47-28-41-21-9-5-6-10-22-42-40(52)53-35-24-31-23-32(25-35)39(51)44-27-30-15-19-34(20-16-30)46-37(49)12-8-4-2-1-3-7-11-36(48)45-33-17-13-29(14-18-33)26-43-38(31)50/h13-20,23-25H,1-12,21-22,26-27H2,(H,42,52)(H,43,50)(H,44,51)(H,45,48)(H,46,49). The van der Waals surface area contributed by atoms with E-state index in [-0.39, 0.29) is 41.8 Å². The highest BCUT2D eigenvalue weighted by atomic mass is 16.6. The van der Waals surface area contributed by atoms with Crippen molar-refractivity contribution in [3.63, 3.8) is 0 Å². The fraction of sp³-hybridized carbons (Fsp3) is 0.400. The summed E-state index contributed by atoms with van der Waals surface area (Å²) in [5.41, 5.74) is 3.14. The van der Waals surface area contributed by atoms with Crippen LogP contribution >= 0.6 is 0 Å². The molecule has 0 saturated carbocycles. The van der Waals surface area contributed by atoms with Crippen LogP contribution in [0.25, 0.3) is 0 Å². The van der Waals surface area contributed by atoms with Crippen molar-refractivity contribution in [1.29, 1.82) is 0 Å². The lowest BCUT2D eigenvalue weighted by atomic mass is 10.1. The maximum absolute atomic E-state index is 13.3. The lowest BCUT2D eigenvalue weighted by Gasteiger charge is -2.12. The minimum absolute atomic E-state index is 0.0163. The number of carbonyl (C=O) groups is 5. The zero-order chi connectivity index (χ0) is 37.7. The maximum Gasteiger partial charge on any atom is 0.412 e. The van der Waals surface area contributed by atoms with E-state index in [0.29, 0.717) is 43.7 Å². The molecule has 3 aromatic carbocycles. The summed E-state index contributed by atoms with van der Waals surface area (Å²) < 4.78 is 5.49. The minimum Gasteiger partial charge on any atom is -0.410 e. The van der Waals surface area contributed by atoms with Crippen LogP contribution in [0.5, 0.6) is 5.75 Å². The Labute approximate surface area is 309 Å². The smallest absolute Gasteiger partial charge is 0.410 e. The van der Waals surface area contributed by atoms with Gasteiger partial charge < -0.3 is 31.3 Å². The van der Waals surface area contributed by atoms with Gasteiger partial charge >= 0.3 is 6.09 Å². The first-order valence-electron chi connectivity index (χ1n) is 18.3. The molecule has 13 nitrogen and oxygen atoms in total. The summed E-state index contributed by atoms with van der Waals surface area (Å²) >= 11 is 0. The molecule has 4 aliphatic rings. The first-order chi connectivity index (χ1) is 25.8. The second-order valence-corrected chi connectivity index (χ2v) is 12.9. The Morgan fingerprint density at radius 2 is 1.15 bits per heavy atom. The van der Waals surface area contributed by atoms with Crippen molar-refractivity contribution in [3.8, 4) is 5.75 Å². The zero-order valence-corrected chi connectivity index (χ0v) is 30.0. The number of nitrogens with one attached hydrogen (secondary N) is 5. The number of rotatable bonds is 8. The number of benzene rings is 3. The molecule has 0 radical (unpaired) electrons. The number of unbranched alkanes of at least 4 members (excludes halogenated alkanes) is 3. The number of hydrogen-bond donors (Lipinski definition) is 5. The van der Waals surface area contributed by atoms with E-state index >= 15 is 0 Å². The monoisotopic (exact) mass is 724 g/mol. The Bertz CT molecular complexity index is 1640. The molecule has 5 amide bonds. The molecule has 7 rings (SSSR count). The van der Waals surface area contributed by atoms with Gasteiger partial charge in [-0.3, -0.25) is 19.2 Å². The molecule has 280 valence electrons. The average molecular weight is 725 g/mol. The summed E-state index contributed by atoms with van der Waals surface area (Å²) in [5.74, 6) is -1.07. The van der Waals surface area contributed by atoms with Gasteiger partial charge in [0.05, 0.1) is 6.54 Å². The fourth-order valence-corrected chi connectivity index (χ4v) is 5.67. The van der Waals surface area contributed by atoms with Gasteiger partial charge in [0.15, 0.2) is 0 Å². The largest absolute Gasteiger partial charge is 0.412 e. The molecular formula is C40H48N6O7. The van der Waals surface area contributed by atoms with E-state index in [1.54, 1.807) is 24.3 Å². The molecule has 0 fully saturated rings. The molecule has 0 aromatic heterocycles. The van der Waals surface area contributed by atoms with Gasteiger partial charge in [-0.25, -0.2) is 14.6 Å². The topological polar surface area (TPSA) is 184 Å². The van der Waals surface area contributed by atoms with Crippen LogP contribution in [0.2, 0.25) is 0 Å². The quantitative estimate of drug-likeness (QED) is 0.0992. The summed E-state index contributed by atoms with van der Waals surface area (Å²) in [5, 5.41) is 14.2. The van der Waals surface area contributed by atoms with E-state index in [1.807, 2.05) is 24.3 Å². The summed E-state index contributed by atoms with van der Waals surface area (Å²) in [4.78, 5) is 77.9. The molecule has 6 bridgehead atoms. The third-order valence-corrected chi connectivity index (χ3v) is 8.61. The lowest BCUT2D eigenvalue weighted by Crippen LogP contribution is -2.29. The van der Waals surface area contributed by atoms with Crippen molar-refractivity contribution in [2.45, 2.75) is 90.1 Å². The molecule has 3 aromatic rings. The predicted octanol–water partition coefficient (Wildman–Crippen LogP) is 6.54. The zero-order valence-electron chi connectivity index (χ0n) is 30.0. The maximum atomic E-state index is 13.3. The Balaban J connectivity index is 1.45. The number of hydrogen-bond acceptors (Lipinski definition) is 8. The van der Waals surface area contributed by atoms with Crippen LogP contribution in [0.4, 0.5) is 16.2 Å². The van der Waals surface area contributed by atoms with Crippen LogP contribution in [0.1, 0.15) is 109 Å². The molecule has 4 aliphatic heterocycles. The minimum atomic E-state index is -0.730. The van der Waals surface area contributed by atoms with Gasteiger partial charge in [0.1, 0.15) is 5.75 Å². The SMILES string of the molecule is O=C=NCCCCCCNC(=O)Oc1cc2cc(c1)C(=O)NCc1ccc(cc1)NC(=O)CCCCCCCCC(=O)Nc1ccc(cc1)CNC2=O. The van der Waals surface area contributed by atoms with E-state index in [1.165, 1.54) is 24.3 Å². The second-order valence-electron chi connectivity index (χ2n) is 12.9. The third kappa shape index (κ3) is 15.1. The fourth-order valence-electron chi connectivity index (χ4n) is 5.67. The van der Waals surface area contributed by atoms with E-state index < -0.39 is 17.9 Å². The van der Waals surface area contributed by atoms with Gasteiger partial charge in [-0.05, 0) is 79.3 Å². The predicted molar refractivity (Wildman–Crippen MR) is 201 cm³/mol. The Morgan fingerprint density at radius 1 is 0.660 bits per heavy atom. The van der Waals surface area contributed by atoms with E-state index in [9.17, 15) is 28.8 Å². The molecule has 0 unspecified atom stereocenters. The Morgan fingerprint density at radius 3 is 1.66 bits per heavy atom. The highest BCUT2D eigenvalue weighted by molar-refractivity contribution is 6.00. The van der Waals surface area contributed by atoms with Crippen molar-refractivity contribution < 1.29 is 33.5 Å². The second kappa shape index (κ2) is 22.2. The average Bonchev–Trinajstić information content (AvgIpc) is 3.15.